The van der Waals surface area contributed by atoms with Gasteiger partial charge in [0.15, 0.2) is 11.5 Å². The lowest BCUT2D eigenvalue weighted by molar-refractivity contribution is -0.945. The van der Waals surface area contributed by atoms with E-state index in [4.69, 9.17) is 14.2 Å². The zero-order chi connectivity index (χ0) is 25.7. The fraction of sp³-hybridized carbons (Fsp3) is 0.286. The van der Waals surface area contributed by atoms with Gasteiger partial charge in [-0.15, -0.1) is 0 Å². The summed E-state index contributed by atoms with van der Waals surface area (Å²) in [4.78, 5) is 13.6. The van der Waals surface area contributed by atoms with Gasteiger partial charge >= 0.3 is 0 Å². The predicted octanol–water partition coefficient (Wildman–Crippen LogP) is 3.32. The Morgan fingerprint density at radius 3 is 2.42 bits per heavy atom. The maximum absolute atomic E-state index is 13.1. The van der Waals surface area contributed by atoms with Crippen molar-refractivity contribution in [2.75, 3.05) is 27.9 Å². The topological polar surface area (TPSA) is 73.6 Å². The standard InChI is InChI=1S/C28H30FN3O4/c1-18-24-15-27(36-4)26(35-3)14-21(24)11-12-32(18)17-22-13-19(5-10-25(22)34-2)16-30-31-28(33)20-6-8-23(29)9-7-20/h5-10,13-16,18H,11-12,17H2,1-4H3,(H,31,33)/p+1. The third-order valence-corrected chi connectivity index (χ3v) is 6.65. The van der Waals surface area contributed by atoms with Crippen LogP contribution in [0.5, 0.6) is 17.2 Å². The number of benzene rings is 3. The molecule has 0 saturated carbocycles. The van der Waals surface area contributed by atoms with E-state index < -0.39 is 11.7 Å². The fourth-order valence-electron chi connectivity index (χ4n) is 4.62. The van der Waals surface area contributed by atoms with Crippen molar-refractivity contribution in [3.8, 4) is 17.2 Å². The second kappa shape index (κ2) is 11.2. The van der Waals surface area contributed by atoms with E-state index in [1.54, 1.807) is 27.5 Å². The summed E-state index contributed by atoms with van der Waals surface area (Å²) in [5, 5.41) is 4.07. The minimum atomic E-state index is -0.405. The molecule has 188 valence electrons. The number of nitrogens with one attached hydrogen (secondary N) is 2. The number of rotatable bonds is 8. The second-order valence-corrected chi connectivity index (χ2v) is 8.74. The van der Waals surface area contributed by atoms with E-state index >= 15 is 0 Å². The van der Waals surface area contributed by atoms with Crippen molar-refractivity contribution >= 4 is 12.1 Å². The first kappa shape index (κ1) is 25.2. The van der Waals surface area contributed by atoms with Gasteiger partial charge in [0, 0.05) is 23.1 Å². The maximum atomic E-state index is 13.1. The molecule has 0 aromatic heterocycles. The first-order valence-corrected chi connectivity index (χ1v) is 11.8. The van der Waals surface area contributed by atoms with Crippen LogP contribution in [0.4, 0.5) is 4.39 Å². The van der Waals surface area contributed by atoms with Crippen LogP contribution in [0.25, 0.3) is 0 Å². The number of quaternary nitrogens is 1. The Kier molecular flexibility index (Phi) is 7.85. The molecule has 0 spiro atoms. The highest BCUT2D eigenvalue weighted by molar-refractivity contribution is 5.94. The molecule has 7 nitrogen and oxygen atoms in total. The molecule has 0 saturated heterocycles. The summed E-state index contributed by atoms with van der Waals surface area (Å²) in [6.45, 7) is 3.96. The van der Waals surface area contributed by atoms with E-state index in [1.807, 2.05) is 18.2 Å². The first-order valence-electron chi connectivity index (χ1n) is 11.8. The van der Waals surface area contributed by atoms with Crippen molar-refractivity contribution in [1.29, 1.82) is 0 Å². The van der Waals surface area contributed by atoms with Crippen LogP contribution < -0.4 is 24.5 Å². The lowest BCUT2D eigenvalue weighted by atomic mass is 9.92. The molecule has 2 N–H and O–H groups in total. The van der Waals surface area contributed by atoms with Crippen molar-refractivity contribution in [3.05, 3.63) is 88.2 Å². The zero-order valence-electron chi connectivity index (χ0n) is 20.9. The average Bonchev–Trinajstić information content (AvgIpc) is 2.90. The molecule has 2 atom stereocenters. The van der Waals surface area contributed by atoms with Gasteiger partial charge in [0.25, 0.3) is 5.91 Å². The van der Waals surface area contributed by atoms with Gasteiger partial charge in [0.05, 0.1) is 34.1 Å². The lowest BCUT2D eigenvalue weighted by Crippen LogP contribution is -3.11. The van der Waals surface area contributed by atoms with Crippen molar-refractivity contribution in [3.63, 3.8) is 0 Å². The minimum Gasteiger partial charge on any atom is -0.496 e. The normalized spacial score (nSPS) is 16.9. The summed E-state index contributed by atoms with van der Waals surface area (Å²) in [6, 6.07) is 15.6. The number of nitrogens with zero attached hydrogens (tertiary/aromatic N) is 1. The van der Waals surface area contributed by atoms with Crippen LogP contribution in [-0.4, -0.2) is 40.0 Å². The van der Waals surface area contributed by atoms with E-state index in [0.717, 1.165) is 47.9 Å². The molecule has 8 heteroatoms. The average molecular weight is 493 g/mol. The Balaban J connectivity index is 1.49. The number of fused-ring (bicyclic) bond motifs is 1. The van der Waals surface area contributed by atoms with E-state index in [-0.39, 0.29) is 6.04 Å². The molecule has 3 aromatic carbocycles. The number of halogens is 1. The van der Waals surface area contributed by atoms with E-state index in [1.165, 1.54) is 40.3 Å². The Hall–Kier alpha value is -3.91. The number of hydrazone groups is 1. The van der Waals surface area contributed by atoms with E-state index in [9.17, 15) is 9.18 Å². The van der Waals surface area contributed by atoms with E-state index in [2.05, 4.69) is 29.6 Å². The summed E-state index contributed by atoms with van der Waals surface area (Å²) < 4.78 is 29.7. The number of amides is 1. The molecule has 3 aromatic rings. The Labute approximate surface area is 210 Å². The summed E-state index contributed by atoms with van der Waals surface area (Å²) in [7, 11) is 4.98. The van der Waals surface area contributed by atoms with Gasteiger partial charge in [-0.2, -0.15) is 5.10 Å². The number of carbonyl (C=O) groups excluding carboxylic acids is 1. The zero-order valence-corrected chi connectivity index (χ0v) is 20.9. The molecule has 1 aliphatic heterocycles. The summed E-state index contributed by atoms with van der Waals surface area (Å²) >= 11 is 0. The summed E-state index contributed by atoms with van der Waals surface area (Å²) in [5.41, 5.74) is 7.25. The molecule has 2 unspecified atom stereocenters. The van der Waals surface area contributed by atoms with Crippen molar-refractivity contribution in [2.45, 2.75) is 25.9 Å². The van der Waals surface area contributed by atoms with Crippen molar-refractivity contribution in [2.24, 2.45) is 5.10 Å². The molecular formula is C28H31FN3O4+. The van der Waals surface area contributed by atoms with Gasteiger partial charge < -0.3 is 19.1 Å². The molecule has 1 amide bonds. The lowest BCUT2D eigenvalue weighted by Gasteiger charge is -2.33. The molecule has 0 fully saturated rings. The monoisotopic (exact) mass is 492 g/mol. The quantitative estimate of drug-likeness (QED) is 0.374. The Bertz CT molecular complexity index is 1260. The van der Waals surface area contributed by atoms with Gasteiger partial charge in [-0.25, -0.2) is 9.82 Å². The summed E-state index contributed by atoms with van der Waals surface area (Å²) in [5.74, 6) is 1.50. The van der Waals surface area contributed by atoms with Crippen molar-refractivity contribution < 1.29 is 28.3 Å². The van der Waals surface area contributed by atoms with Crippen LogP contribution in [0, 0.1) is 5.82 Å². The SMILES string of the molecule is COc1ccc(C=NNC(=O)c2ccc(F)cc2)cc1C[NH+]1CCc2cc(OC)c(OC)cc2C1C. The van der Waals surface area contributed by atoms with Crippen LogP contribution in [-0.2, 0) is 13.0 Å². The van der Waals surface area contributed by atoms with E-state index in [0.29, 0.717) is 5.56 Å². The fourth-order valence-corrected chi connectivity index (χ4v) is 4.62. The number of carbonyl (C=O) groups is 1. The van der Waals surface area contributed by atoms with Crippen molar-refractivity contribution in [1.82, 2.24) is 5.43 Å². The Morgan fingerprint density at radius 2 is 1.72 bits per heavy atom. The molecule has 1 aliphatic rings. The maximum Gasteiger partial charge on any atom is 0.271 e. The predicted molar refractivity (Wildman–Crippen MR) is 136 cm³/mol. The number of hydrogen-bond donors (Lipinski definition) is 2. The van der Waals surface area contributed by atoms with Crippen LogP contribution in [0.1, 0.15) is 45.6 Å². The highest BCUT2D eigenvalue weighted by Gasteiger charge is 2.30. The number of methoxy groups -OCH3 is 3. The van der Waals surface area contributed by atoms with Gasteiger partial charge in [-0.05, 0) is 72.6 Å². The molecule has 0 bridgehead atoms. The molecule has 0 aliphatic carbocycles. The number of ether oxygens (including phenoxy) is 3. The minimum absolute atomic E-state index is 0.255. The number of hydrogen-bond acceptors (Lipinski definition) is 5. The first-order chi connectivity index (χ1) is 17.4. The van der Waals surface area contributed by atoms with Gasteiger partial charge in [-0.1, -0.05) is 0 Å². The van der Waals surface area contributed by atoms with Crippen LogP contribution >= 0.6 is 0 Å². The largest absolute Gasteiger partial charge is 0.496 e. The Morgan fingerprint density at radius 1 is 1.03 bits per heavy atom. The van der Waals surface area contributed by atoms with Crippen LogP contribution in [0.15, 0.2) is 59.7 Å². The molecule has 0 radical (unpaired) electrons. The highest BCUT2D eigenvalue weighted by Crippen LogP contribution is 2.34. The molecule has 4 rings (SSSR count). The molecule has 36 heavy (non-hydrogen) atoms. The third kappa shape index (κ3) is 5.49. The second-order valence-electron chi connectivity index (χ2n) is 8.74. The molecular weight excluding hydrogens is 461 g/mol. The van der Waals surface area contributed by atoms with Gasteiger partial charge in [0.1, 0.15) is 24.2 Å². The van der Waals surface area contributed by atoms with Gasteiger partial charge in [-0.3, -0.25) is 4.79 Å². The highest BCUT2D eigenvalue weighted by atomic mass is 19.1. The summed E-state index contributed by atoms with van der Waals surface area (Å²) in [6.07, 6.45) is 2.53. The van der Waals surface area contributed by atoms with Gasteiger partial charge in [0.2, 0.25) is 0 Å². The smallest absolute Gasteiger partial charge is 0.271 e. The van der Waals surface area contributed by atoms with Crippen LogP contribution in [0.3, 0.4) is 0 Å². The van der Waals surface area contributed by atoms with Crippen LogP contribution in [0.2, 0.25) is 0 Å². The third-order valence-electron chi connectivity index (χ3n) is 6.65. The molecule has 1 heterocycles.